The summed E-state index contributed by atoms with van der Waals surface area (Å²) in [6, 6.07) is 63.4. The average Bonchev–Trinajstić information content (AvgIpc) is 3.56. The Hall–Kier alpha value is -6.58. The van der Waals surface area contributed by atoms with Gasteiger partial charge < -0.3 is 4.42 Å². The molecule has 230 valence electrons. The average molecular weight is 627 g/mol. The Morgan fingerprint density at radius 3 is 1.57 bits per heavy atom. The molecule has 0 N–H and O–H groups in total. The molecule has 0 spiro atoms. The van der Waals surface area contributed by atoms with Crippen molar-refractivity contribution < 1.29 is 4.42 Å². The SMILES string of the molecule is c1ccc(-c2cc(-c3cc(-c4ccc5c(c4)oc4ccccc45)cc(-c4ccccc4-c4ccccc4)c3)nc(-c3ccccc3)n2)cc1. The molecule has 9 rings (SSSR count). The predicted molar refractivity (Wildman–Crippen MR) is 202 cm³/mol. The number of fused-ring (bicyclic) bond motifs is 3. The van der Waals surface area contributed by atoms with Gasteiger partial charge in [0.15, 0.2) is 5.82 Å². The first-order chi connectivity index (χ1) is 24.3. The molecule has 0 amide bonds. The Balaban J connectivity index is 1.29. The van der Waals surface area contributed by atoms with Gasteiger partial charge >= 0.3 is 0 Å². The number of para-hydroxylation sites is 1. The zero-order valence-electron chi connectivity index (χ0n) is 26.6. The smallest absolute Gasteiger partial charge is 0.160 e. The first-order valence-corrected chi connectivity index (χ1v) is 16.5. The van der Waals surface area contributed by atoms with Gasteiger partial charge in [-0.05, 0) is 75.8 Å². The van der Waals surface area contributed by atoms with Gasteiger partial charge in [0.25, 0.3) is 0 Å². The van der Waals surface area contributed by atoms with Gasteiger partial charge in [-0.3, -0.25) is 0 Å². The molecule has 0 saturated carbocycles. The van der Waals surface area contributed by atoms with E-state index in [9.17, 15) is 0 Å². The fourth-order valence-electron chi connectivity index (χ4n) is 6.68. The number of rotatable bonds is 6. The number of aromatic nitrogens is 2. The van der Waals surface area contributed by atoms with Crippen LogP contribution in [-0.2, 0) is 0 Å². The Bertz CT molecular complexity index is 2530. The summed E-state index contributed by atoms with van der Waals surface area (Å²) in [6.45, 7) is 0. The van der Waals surface area contributed by atoms with Gasteiger partial charge in [-0.15, -0.1) is 0 Å². The molecule has 49 heavy (non-hydrogen) atoms. The first-order valence-electron chi connectivity index (χ1n) is 16.5. The summed E-state index contributed by atoms with van der Waals surface area (Å²) in [6.07, 6.45) is 0. The fourth-order valence-corrected chi connectivity index (χ4v) is 6.68. The van der Waals surface area contributed by atoms with Crippen LogP contribution in [0, 0.1) is 0 Å². The third kappa shape index (κ3) is 5.48. The van der Waals surface area contributed by atoms with E-state index < -0.39 is 0 Å². The van der Waals surface area contributed by atoms with Crippen molar-refractivity contribution in [2.45, 2.75) is 0 Å². The van der Waals surface area contributed by atoms with E-state index in [0.717, 1.165) is 72.3 Å². The molecular weight excluding hydrogens is 597 g/mol. The third-order valence-corrected chi connectivity index (χ3v) is 9.09. The van der Waals surface area contributed by atoms with Crippen molar-refractivity contribution in [2.75, 3.05) is 0 Å². The lowest BCUT2D eigenvalue weighted by Crippen LogP contribution is -1.96. The minimum atomic E-state index is 0.692. The van der Waals surface area contributed by atoms with Gasteiger partial charge in [0, 0.05) is 27.5 Å². The second-order valence-electron chi connectivity index (χ2n) is 12.2. The molecule has 3 heteroatoms. The summed E-state index contributed by atoms with van der Waals surface area (Å²) in [4.78, 5) is 10.2. The third-order valence-electron chi connectivity index (χ3n) is 9.09. The quantitative estimate of drug-likeness (QED) is 0.184. The van der Waals surface area contributed by atoms with Crippen LogP contribution in [0.25, 0.3) is 89.2 Å². The molecule has 7 aromatic carbocycles. The molecule has 0 radical (unpaired) electrons. The Morgan fingerprint density at radius 2 is 0.837 bits per heavy atom. The van der Waals surface area contributed by atoms with Crippen LogP contribution in [0.3, 0.4) is 0 Å². The molecule has 0 aliphatic rings. The van der Waals surface area contributed by atoms with E-state index in [0.29, 0.717) is 5.82 Å². The highest BCUT2D eigenvalue weighted by Crippen LogP contribution is 2.39. The van der Waals surface area contributed by atoms with Gasteiger partial charge in [-0.2, -0.15) is 0 Å². The highest BCUT2D eigenvalue weighted by atomic mass is 16.3. The fraction of sp³-hybridized carbons (Fsp3) is 0. The summed E-state index contributed by atoms with van der Waals surface area (Å²) < 4.78 is 6.33. The van der Waals surface area contributed by atoms with Crippen molar-refractivity contribution in [1.29, 1.82) is 0 Å². The molecule has 0 atom stereocenters. The summed E-state index contributed by atoms with van der Waals surface area (Å²) >= 11 is 0. The topological polar surface area (TPSA) is 38.9 Å². The number of furan rings is 1. The van der Waals surface area contributed by atoms with Crippen LogP contribution in [-0.4, -0.2) is 9.97 Å². The van der Waals surface area contributed by atoms with Crippen LogP contribution in [0.4, 0.5) is 0 Å². The monoisotopic (exact) mass is 626 g/mol. The Labute approximate surface area is 284 Å². The van der Waals surface area contributed by atoms with Crippen LogP contribution in [0.2, 0.25) is 0 Å². The Kier molecular flexibility index (Phi) is 7.14. The predicted octanol–water partition coefficient (Wildman–Crippen LogP) is 12.4. The molecule has 2 heterocycles. The molecule has 2 aromatic heterocycles. The van der Waals surface area contributed by atoms with Gasteiger partial charge in [-0.25, -0.2) is 9.97 Å². The second kappa shape index (κ2) is 12.2. The van der Waals surface area contributed by atoms with Crippen molar-refractivity contribution in [3.05, 3.63) is 182 Å². The summed E-state index contributed by atoms with van der Waals surface area (Å²) in [5, 5.41) is 2.24. The van der Waals surface area contributed by atoms with Crippen LogP contribution >= 0.6 is 0 Å². The van der Waals surface area contributed by atoms with Crippen molar-refractivity contribution >= 4 is 21.9 Å². The van der Waals surface area contributed by atoms with Crippen LogP contribution in [0.1, 0.15) is 0 Å². The highest BCUT2D eigenvalue weighted by Gasteiger charge is 2.16. The number of hydrogen-bond acceptors (Lipinski definition) is 3. The summed E-state index contributed by atoms with van der Waals surface area (Å²) in [7, 11) is 0. The van der Waals surface area contributed by atoms with E-state index in [2.05, 4.69) is 133 Å². The lowest BCUT2D eigenvalue weighted by Gasteiger charge is -2.15. The van der Waals surface area contributed by atoms with Crippen molar-refractivity contribution in [2.24, 2.45) is 0 Å². The number of hydrogen-bond donors (Lipinski definition) is 0. The normalized spacial score (nSPS) is 11.3. The molecule has 0 aliphatic heterocycles. The first kappa shape index (κ1) is 28.6. The van der Waals surface area contributed by atoms with E-state index in [-0.39, 0.29) is 0 Å². The molecule has 0 bridgehead atoms. The maximum absolute atomic E-state index is 6.33. The zero-order chi connectivity index (χ0) is 32.6. The van der Waals surface area contributed by atoms with E-state index in [1.807, 2.05) is 48.5 Å². The van der Waals surface area contributed by atoms with E-state index in [1.54, 1.807) is 0 Å². The molecule has 0 fully saturated rings. The minimum absolute atomic E-state index is 0.692. The van der Waals surface area contributed by atoms with Crippen molar-refractivity contribution in [3.8, 4) is 67.3 Å². The molecule has 0 unspecified atom stereocenters. The highest BCUT2D eigenvalue weighted by molar-refractivity contribution is 6.06. The van der Waals surface area contributed by atoms with E-state index >= 15 is 0 Å². The Morgan fingerprint density at radius 1 is 0.306 bits per heavy atom. The van der Waals surface area contributed by atoms with Gasteiger partial charge in [0.1, 0.15) is 11.2 Å². The van der Waals surface area contributed by atoms with E-state index in [4.69, 9.17) is 14.4 Å². The second-order valence-corrected chi connectivity index (χ2v) is 12.2. The minimum Gasteiger partial charge on any atom is -0.456 e. The molecule has 9 aromatic rings. The lowest BCUT2D eigenvalue weighted by molar-refractivity contribution is 0.669. The van der Waals surface area contributed by atoms with Crippen LogP contribution in [0.5, 0.6) is 0 Å². The molecular formula is C46H30N2O. The van der Waals surface area contributed by atoms with E-state index in [1.165, 1.54) is 11.1 Å². The van der Waals surface area contributed by atoms with Gasteiger partial charge in [0.05, 0.1) is 11.4 Å². The van der Waals surface area contributed by atoms with Crippen LogP contribution in [0.15, 0.2) is 186 Å². The maximum atomic E-state index is 6.33. The number of nitrogens with zero attached hydrogens (tertiary/aromatic N) is 2. The number of benzene rings is 7. The molecule has 0 aliphatic carbocycles. The van der Waals surface area contributed by atoms with Gasteiger partial charge in [-0.1, -0.05) is 140 Å². The molecule has 3 nitrogen and oxygen atoms in total. The maximum Gasteiger partial charge on any atom is 0.160 e. The summed E-state index contributed by atoms with van der Waals surface area (Å²) in [5.74, 6) is 0.692. The largest absolute Gasteiger partial charge is 0.456 e. The lowest BCUT2D eigenvalue weighted by atomic mass is 9.90. The standard InChI is InChI=1S/C46H30N2O/c1-4-14-31(15-5-1)38-20-10-11-21-39(38)36-26-35(34-24-25-41-40-22-12-13-23-44(40)49-45(41)29-34)27-37(28-36)43-30-42(32-16-6-2-7-17-32)47-46(48-43)33-18-8-3-9-19-33/h1-30H. The summed E-state index contributed by atoms with van der Waals surface area (Å²) in [5.41, 5.74) is 13.3. The van der Waals surface area contributed by atoms with Crippen molar-refractivity contribution in [1.82, 2.24) is 9.97 Å². The zero-order valence-corrected chi connectivity index (χ0v) is 26.6. The van der Waals surface area contributed by atoms with Crippen LogP contribution < -0.4 is 0 Å². The van der Waals surface area contributed by atoms with Crippen molar-refractivity contribution in [3.63, 3.8) is 0 Å². The molecule has 0 saturated heterocycles. The van der Waals surface area contributed by atoms with Gasteiger partial charge in [0.2, 0.25) is 0 Å².